The molecule has 0 aliphatic carbocycles. The second kappa shape index (κ2) is 6.98. The van der Waals surface area contributed by atoms with Crippen molar-refractivity contribution in [2.75, 3.05) is 20.2 Å². The van der Waals surface area contributed by atoms with Crippen LogP contribution in [0.2, 0.25) is 0 Å². The Labute approximate surface area is 116 Å². The average molecular weight is 263 g/mol. The third-order valence-electron chi connectivity index (χ3n) is 4.07. The summed E-state index contributed by atoms with van der Waals surface area (Å²) in [7, 11) is 1.80. The van der Waals surface area contributed by atoms with E-state index >= 15 is 0 Å². The van der Waals surface area contributed by atoms with E-state index in [0.717, 1.165) is 38.0 Å². The number of hydrogen-bond acceptors (Lipinski definition) is 4. The summed E-state index contributed by atoms with van der Waals surface area (Å²) in [6, 6.07) is 6.44. The predicted octanol–water partition coefficient (Wildman–Crippen LogP) is 1.97. The van der Waals surface area contributed by atoms with E-state index in [-0.39, 0.29) is 12.1 Å². The summed E-state index contributed by atoms with van der Waals surface area (Å²) >= 11 is 0. The molecule has 0 aromatic carbocycles. The molecule has 0 saturated carbocycles. The van der Waals surface area contributed by atoms with Gasteiger partial charge in [-0.25, -0.2) is 0 Å². The Kier molecular flexibility index (Phi) is 5.31. The number of nitrogens with two attached hydrogens (primary N) is 1. The molecule has 0 spiro atoms. The summed E-state index contributed by atoms with van der Waals surface area (Å²) in [6.07, 6.45) is 5.38. The third-order valence-corrected chi connectivity index (χ3v) is 4.07. The number of piperidine rings is 1. The van der Waals surface area contributed by atoms with Gasteiger partial charge in [0.25, 0.3) is 0 Å². The molecule has 0 radical (unpaired) electrons. The van der Waals surface area contributed by atoms with Crippen LogP contribution in [0.4, 0.5) is 0 Å². The number of rotatable bonds is 5. The fourth-order valence-corrected chi connectivity index (χ4v) is 2.84. The Morgan fingerprint density at radius 1 is 1.42 bits per heavy atom. The molecule has 2 N–H and O–H groups in total. The van der Waals surface area contributed by atoms with Gasteiger partial charge in [-0.3, -0.25) is 9.88 Å². The normalized spacial score (nSPS) is 21.2. The van der Waals surface area contributed by atoms with Crippen molar-refractivity contribution in [1.82, 2.24) is 9.88 Å². The van der Waals surface area contributed by atoms with E-state index in [1.807, 2.05) is 18.3 Å². The first-order chi connectivity index (χ1) is 9.26. The molecule has 1 aromatic rings. The number of nitrogens with zero attached hydrogens (tertiary/aromatic N) is 2. The van der Waals surface area contributed by atoms with Gasteiger partial charge in [-0.2, -0.15) is 0 Å². The Morgan fingerprint density at radius 2 is 2.16 bits per heavy atom. The summed E-state index contributed by atoms with van der Waals surface area (Å²) in [6.45, 7) is 4.21. The molecule has 2 atom stereocenters. The maximum absolute atomic E-state index is 6.33. The van der Waals surface area contributed by atoms with Gasteiger partial charge in [0, 0.05) is 32.4 Å². The fraction of sp³-hybridized carbons (Fsp3) is 0.667. The van der Waals surface area contributed by atoms with E-state index < -0.39 is 0 Å². The molecule has 0 amide bonds. The van der Waals surface area contributed by atoms with Crippen LogP contribution >= 0.6 is 0 Å². The van der Waals surface area contributed by atoms with Crippen molar-refractivity contribution in [3.05, 3.63) is 30.1 Å². The highest BCUT2D eigenvalue weighted by molar-refractivity contribution is 5.12. The Morgan fingerprint density at radius 3 is 2.68 bits per heavy atom. The zero-order chi connectivity index (χ0) is 13.7. The molecular formula is C15H25N3O. The van der Waals surface area contributed by atoms with E-state index in [1.54, 1.807) is 7.11 Å². The van der Waals surface area contributed by atoms with Gasteiger partial charge in [0.2, 0.25) is 0 Å². The molecule has 1 aliphatic heterocycles. The van der Waals surface area contributed by atoms with Crippen molar-refractivity contribution in [2.24, 2.45) is 5.73 Å². The van der Waals surface area contributed by atoms with E-state index in [0.29, 0.717) is 6.10 Å². The van der Waals surface area contributed by atoms with Crippen molar-refractivity contribution in [3.8, 4) is 0 Å². The van der Waals surface area contributed by atoms with E-state index in [1.165, 1.54) is 0 Å². The molecule has 1 fully saturated rings. The summed E-state index contributed by atoms with van der Waals surface area (Å²) < 4.78 is 5.44. The molecule has 0 bridgehead atoms. The number of pyridine rings is 1. The summed E-state index contributed by atoms with van der Waals surface area (Å²) in [5.41, 5.74) is 7.42. The minimum Gasteiger partial charge on any atom is -0.381 e. The van der Waals surface area contributed by atoms with Crippen LogP contribution in [0.15, 0.2) is 24.4 Å². The van der Waals surface area contributed by atoms with Crippen LogP contribution < -0.4 is 5.73 Å². The summed E-state index contributed by atoms with van der Waals surface area (Å²) in [5.74, 6) is 0. The second-order valence-electron chi connectivity index (χ2n) is 5.24. The molecule has 2 heterocycles. The molecule has 2 unspecified atom stereocenters. The Balaban J connectivity index is 2.11. The fourth-order valence-electron chi connectivity index (χ4n) is 2.84. The Bertz CT molecular complexity index is 363. The van der Waals surface area contributed by atoms with E-state index in [9.17, 15) is 0 Å². The SMILES string of the molecule is CCC(N)C(c1ccccn1)N1CCC(OC)CC1. The van der Waals surface area contributed by atoms with Gasteiger partial charge in [0.15, 0.2) is 0 Å². The minimum atomic E-state index is 0.133. The van der Waals surface area contributed by atoms with Gasteiger partial charge in [0.1, 0.15) is 0 Å². The molecule has 4 nitrogen and oxygen atoms in total. The quantitative estimate of drug-likeness (QED) is 0.882. The first kappa shape index (κ1) is 14.4. The highest BCUT2D eigenvalue weighted by atomic mass is 16.5. The van der Waals surface area contributed by atoms with Crippen LogP contribution in [0, 0.1) is 0 Å². The van der Waals surface area contributed by atoms with Gasteiger partial charge >= 0.3 is 0 Å². The minimum absolute atomic E-state index is 0.133. The number of ether oxygens (including phenoxy) is 1. The van der Waals surface area contributed by atoms with Crippen molar-refractivity contribution in [2.45, 2.75) is 44.4 Å². The zero-order valence-electron chi connectivity index (χ0n) is 12.0. The van der Waals surface area contributed by atoms with Crippen LogP contribution in [0.1, 0.15) is 37.9 Å². The number of likely N-dealkylation sites (tertiary alicyclic amines) is 1. The molecular weight excluding hydrogens is 238 g/mol. The van der Waals surface area contributed by atoms with E-state index in [4.69, 9.17) is 10.5 Å². The van der Waals surface area contributed by atoms with Gasteiger partial charge < -0.3 is 10.5 Å². The molecule has 1 aromatic heterocycles. The molecule has 1 aliphatic rings. The lowest BCUT2D eigenvalue weighted by molar-refractivity contribution is 0.0215. The molecule has 19 heavy (non-hydrogen) atoms. The number of methoxy groups -OCH3 is 1. The maximum atomic E-state index is 6.33. The van der Waals surface area contributed by atoms with Crippen molar-refractivity contribution >= 4 is 0 Å². The van der Waals surface area contributed by atoms with Crippen LogP contribution in [-0.2, 0) is 4.74 Å². The summed E-state index contributed by atoms with van der Waals surface area (Å²) in [4.78, 5) is 6.97. The van der Waals surface area contributed by atoms with Crippen LogP contribution in [-0.4, -0.2) is 42.2 Å². The van der Waals surface area contributed by atoms with Crippen molar-refractivity contribution in [1.29, 1.82) is 0 Å². The van der Waals surface area contributed by atoms with Gasteiger partial charge in [0.05, 0.1) is 17.8 Å². The average Bonchev–Trinajstić information content (AvgIpc) is 2.49. The van der Waals surface area contributed by atoms with Gasteiger partial charge in [-0.1, -0.05) is 13.0 Å². The van der Waals surface area contributed by atoms with Crippen LogP contribution in [0.3, 0.4) is 0 Å². The third kappa shape index (κ3) is 3.53. The monoisotopic (exact) mass is 263 g/mol. The van der Waals surface area contributed by atoms with E-state index in [2.05, 4.69) is 22.9 Å². The van der Waals surface area contributed by atoms with Crippen LogP contribution in [0.5, 0.6) is 0 Å². The molecule has 2 rings (SSSR count). The standard InChI is InChI=1S/C15H25N3O/c1-3-13(16)15(14-6-4-5-9-17-14)18-10-7-12(19-2)8-11-18/h4-6,9,12-13,15H,3,7-8,10-11,16H2,1-2H3. The number of hydrogen-bond donors (Lipinski definition) is 1. The highest BCUT2D eigenvalue weighted by Gasteiger charge is 2.30. The second-order valence-corrected chi connectivity index (χ2v) is 5.24. The smallest absolute Gasteiger partial charge is 0.0673 e. The highest BCUT2D eigenvalue weighted by Crippen LogP contribution is 2.27. The largest absolute Gasteiger partial charge is 0.381 e. The zero-order valence-corrected chi connectivity index (χ0v) is 12.0. The Hall–Kier alpha value is -0.970. The maximum Gasteiger partial charge on any atom is 0.0673 e. The first-order valence-electron chi connectivity index (χ1n) is 7.19. The lowest BCUT2D eigenvalue weighted by atomic mass is 9.97. The topological polar surface area (TPSA) is 51.4 Å². The molecule has 106 valence electrons. The lowest BCUT2D eigenvalue weighted by Gasteiger charge is -2.39. The van der Waals surface area contributed by atoms with Crippen LogP contribution in [0.25, 0.3) is 0 Å². The molecule has 1 saturated heterocycles. The van der Waals surface area contributed by atoms with Gasteiger partial charge in [-0.05, 0) is 31.4 Å². The summed E-state index contributed by atoms with van der Waals surface area (Å²) in [5, 5.41) is 0. The lowest BCUT2D eigenvalue weighted by Crippen LogP contribution is -2.46. The van der Waals surface area contributed by atoms with Gasteiger partial charge in [-0.15, -0.1) is 0 Å². The first-order valence-corrected chi connectivity index (χ1v) is 7.19. The molecule has 4 heteroatoms. The number of aromatic nitrogens is 1. The predicted molar refractivity (Wildman–Crippen MR) is 76.8 cm³/mol. The van der Waals surface area contributed by atoms with Crippen molar-refractivity contribution < 1.29 is 4.74 Å². The van der Waals surface area contributed by atoms with Crippen molar-refractivity contribution in [3.63, 3.8) is 0 Å².